The van der Waals surface area contributed by atoms with Crippen molar-refractivity contribution in [2.45, 2.75) is 39.9 Å². The molecule has 1 aliphatic rings. The van der Waals surface area contributed by atoms with E-state index in [4.69, 9.17) is 20.9 Å². The average molecular weight is 349 g/mol. The molecule has 2 aromatic rings. The van der Waals surface area contributed by atoms with Crippen molar-refractivity contribution in [1.29, 1.82) is 0 Å². The Morgan fingerprint density at radius 1 is 1.42 bits per heavy atom. The smallest absolute Gasteiger partial charge is 0.254 e. The van der Waals surface area contributed by atoms with E-state index in [-0.39, 0.29) is 12.0 Å². The van der Waals surface area contributed by atoms with E-state index in [1.54, 1.807) is 6.07 Å². The van der Waals surface area contributed by atoms with Gasteiger partial charge in [0.2, 0.25) is 0 Å². The van der Waals surface area contributed by atoms with Crippen LogP contribution in [0.15, 0.2) is 22.7 Å². The maximum Gasteiger partial charge on any atom is 0.254 e. The van der Waals surface area contributed by atoms with Crippen LogP contribution in [0.3, 0.4) is 0 Å². The van der Waals surface area contributed by atoms with Gasteiger partial charge in [-0.05, 0) is 44.9 Å². The number of likely N-dealkylation sites (tertiary alicyclic amines) is 1. The SMILES string of the molecule is Cc1noc(C)c1CO[C@H]1CCN(C(=O)c2cccc(Cl)c2C)C1. The Kier molecular flexibility index (Phi) is 4.92. The lowest BCUT2D eigenvalue weighted by molar-refractivity contribution is 0.0430. The summed E-state index contributed by atoms with van der Waals surface area (Å²) in [5.41, 5.74) is 3.33. The lowest BCUT2D eigenvalue weighted by Gasteiger charge is -2.18. The van der Waals surface area contributed by atoms with E-state index in [2.05, 4.69) is 5.16 Å². The van der Waals surface area contributed by atoms with Crippen molar-refractivity contribution in [3.8, 4) is 0 Å². The average Bonchev–Trinajstić information content (AvgIpc) is 3.15. The molecule has 0 aliphatic carbocycles. The number of amides is 1. The van der Waals surface area contributed by atoms with Gasteiger partial charge in [0.05, 0.1) is 18.4 Å². The third-order valence-electron chi connectivity index (χ3n) is 4.57. The second kappa shape index (κ2) is 6.95. The van der Waals surface area contributed by atoms with Gasteiger partial charge in [-0.15, -0.1) is 0 Å². The molecule has 0 unspecified atom stereocenters. The molecular weight excluding hydrogens is 328 g/mol. The molecule has 1 aromatic carbocycles. The first kappa shape index (κ1) is 17.0. The predicted octanol–water partition coefficient (Wildman–Crippen LogP) is 3.68. The summed E-state index contributed by atoms with van der Waals surface area (Å²) in [6.45, 7) is 7.40. The van der Waals surface area contributed by atoms with Gasteiger partial charge in [-0.25, -0.2) is 0 Å². The number of carbonyl (C=O) groups is 1. The molecule has 1 fully saturated rings. The molecule has 1 aromatic heterocycles. The maximum absolute atomic E-state index is 12.7. The summed E-state index contributed by atoms with van der Waals surface area (Å²) in [5.74, 6) is 0.798. The predicted molar refractivity (Wildman–Crippen MR) is 91.3 cm³/mol. The number of hydrogen-bond acceptors (Lipinski definition) is 4. The number of aryl methyl sites for hydroxylation is 2. The molecule has 1 aliphatic heterocycles. The number of ether oxygens (including phenoxy) is 1. The van der Waals surface area contributed by atoms with Gasteiger partial charge in [0.1, 0.15) is 5.76 Å². The fourth-order valence-electron chi connectivity index (χ4n) is 2.97. The molecule has 1 amide bonds. The standard InChI is InChI=1S/C18H21ClN2O3/c1-11-15(5-4-6-17(11)19)18(22)21-8-7-14(9-21)23-10-16-12(2)20-24-13(16)3/h4-6,14H,7-10H2,1-3H3/t14-/m0/s1. The molecule has 24 heavy (non-hydrogen) atoms. The van der Waals surface area contributed by atoms with Crippen molar-refractivity contribution in [3.05, 3.63) is 51.4 Å². The van der Waals surface area contributed by atoms with Gasteiger partial charge in [0.25, 0.3) is 5.91 Å². The second-order valence-electron chi connectivity index (χ2n) is 6.19. The molecule has 3 rings (SSSR count). The molecule has 0 bridgehead atoms. The number of hydrogen-bond donors (Lipinski definition) is 0. The van der Waals surface area contributed by atoms with Gasteiger partial charge in [0, 0.05) is 29.2 Å². The Morgan fingerprint density at radius 2 is 2.21 bits per heavy atom. The van der Waals surface area contributed by atoms with Crippen LogP contribution in [-0.2, 0) is 11.3 Å². The van der Waals surface area contributed by atoms with Crippen LogP contribution < -0.4 is 0 Å². The van der Waals surface area contributed by atoms with Crippen LogP contribution >= 0.6 is 11.6 Å². The zero-order valence-electron chi connectivity index (χ0n) is 14.1. The molecule has 1 saturated heterocycles. The summed E-state index contributed by atoms with van der Waals surface area (Å²) >= 11 is 6.12. The number of halogens is 1. The molecule has 0 spiro atoms. The van der Waals surface area contributed by atoms with E-state index >= 15 is 0 Å². The number of benzene rings is 1. The van der Waals surface area contributed by atoms with Gasteiger partial charge in [-0.3, -0.25) is 4.79 Å². The van der Waals surface area contributed by atoms with Crippen LogP contribution in [0.2, 0.25) is 5.02 Å². The van der Waals surface area contributed by atoms with E-state index in [1.807, 2.05) is 37.8 Å². The zero-order valence-corrected chi connectivity index (χ0v) is 14.9. The van der Waals surface area contributed by atoms with Crippen LogP contribution in [0.25, 0.3) is 0 Å². The van der Waals surface area contributed by atoms with E-state index in [9.17, 15) is 4.79 Å². The lowest BCUT2D eigenvalue weighted by Crippen LogP contribution is -2.30. The molecule has 0 N–H and O–H groups in total. The first-order chi connectivity index (χ1) is 11.5. The van der Waals surface area contributed by atoms with Crippen LogP contribution in [-0.4, -0.2) is 35.2 Å². The molecule has 2 heterocycles. The van der Waals surface area contributed by atoms with E-state index in [0.29, 0.717) is 30.3 Å². The summed E-state index contributed by atoms with van der Waals surface area (Å²) < 4.78 is 11.1. The van der Waals surface area contributed by atoms with Crippen molar-refractivity contribution in [1.82, 2.24) is 10.1 Å². The summed E-state index contributed by atoms with van der Waals surface area (Å²) in [4.78, 5) is 14.5. The minimum Gasteiger partial charge on any atom is -0.371 e. The topological polar surface area (TPSA) is 55.6 Å². The summed E-state index contributed by atoms with van der Waals surface area (Å²) in [6.07, 6.45) is 0.858. The van der Waals surface area contributed by atoms with Gasteiger partial charge >= 0.3 is 0 Å². The summed E-state index contributed by atoms with van der Waals surface area (Å²) in [7, 11) is 0. The third kappa shape index (κ3) is 3.32. The molecular formula is C18H21ClN2O3. The molecule has 0 saturated carbocycles. The third-order valence-corrected chi connectivity index (χ3v) is 4.98. The Hall–Kier alpha value is -1.85. The number of carbonyl (C=O) groups excluding carboxylic acids is 1. The van der Waals surface area contributed by atoms with E-state index in [0.717, 1.165) is 29.0 Å². The van der Waals surface area contributed by atoms with E-state index < -0.39 is 0 Å². The maximum atomic E-state index is 12.7. The van der Waals surface area contributed by atoms with Crippen molar-refractivity contribution in [3.63, 3.8) is 0 Å². The fraction of sp³-hybridized carbons (Fsp3) is 0.444. The minimum atomic E-state index is 0.0124. The van der Waals surface area contributed by atoms with Gasteiger partial charge in [-0.2, -0.15) is 0 Å². The van der Waals surface area contributed by atoms with Gasteiger partial charge < -0.3 is 14.2 Å². The number of aromatic nitrogens is 1. The largest absolute Gasteiger partial charge is 0.371 e. The van der Waals surface area contributed by atoms with Crippen molar-refractivity contribution >= 4 is 17.5 Å². The van der Waals surface area contributed by atoms with Crippen molar-refractivity contribution < 1.29 is 14.1 Å². The van der Waals surface area contributed by atoms with Gasteiger partial charge in [-0.1, -0.05) is 22.8 Å². The Labute approximate surface area is 146 Å². The van der Waals surface area contributed by atoms with Crippen molar-refractivity contribution in [2.24, 2.45) is 0 Å². The van der Waals surface area contributed by atoms with Gasteiger partial charge in [0.15, 0.2) is 0 Å². The van der Waals surface area contributed by atoms with Crippen LogP contribution in [0.1, 0.15) is 39.4 Å². The number of rotatable bonds is 4. The highest BCUT2D eigenvalue weighted by atomic mass is 35.5. The number of nitrogens with zero attached hydrogens (tertiary/aromatic N) is 2. The van der Waals surface area contributed by atoms with Crippen molar-refractivity contribution in [2.75, 3.05) is 13.1 Å². The van der Waals surface area contributed by atoms with Crippen LogP contribution in [0.5, 0.6) is 0 Å². The Morgan fingerprint density at radius 3 is 2.92 bits per heavy atom. The summed E-state index contributed by atoms with van der Waals surface area (Å²) in [6, 6.07) is 5.43. The van der Waals surface area contributed by atoms with Crippen LogP contribution in [0, 0.1) is 20.8 Å². The first-order valence-corrected chi connectivity index (χ1v) is 8.43. The second-order valence-corrected chi connectivity index (χ2v) is 6.60. The first-order valence-electron chi connectivity index (χ1n) is 8.05. The quantitative estimate of drug-likeness (QED) is 0.845. The molecule has 5 nitrogen and oxygen atoms in total. The highest BCUT2D eigenvalue weighted by Crippen LogP contribution is 2.23. The summed E-state index contributed by atoms with van der Waals surface area (Å²) in [5, 5.41) is 4.55. The molecule has 0 radical (unpaired) electrons. The highest BCUT2D eigenvalue weighted by Gasteiger charge is 2.29. The monoisotopic (exact) mass is 348 g/mol. The molecule has 128 valence electrons. The fourth-order valence-corrected chi connectivity index (χ4v) is 3.14. The van der Waals surface area contributed by atoms with E-state index in [1.165, 1.54) is 0 Å². The Balaban J connectivity index is 1.61. The Bertz CT molecular complexity index is 737. The van der Waals surface area contributed by atoms with Crippen LogP contribution in [0.4, 0.5) is 0 Å². The molecule has 6 heteroatoms. The zero-order chi connectivity index (χ0) is 17.3. The lowest BCUT2D eigenvalue weighted by atomic mass is 10.1. The highest BCUT2D eigenvalue weighted by molar-refractivity contribution is 6.31. The molecule has 1 atom stereocenters. The normalized spacial score (nSPS) is 17.5. The minimum absolute atomic E-state index is 0.0124.